The Bertz CT molecular complexity index is 866. The molecule has 0 unspecified atom stereocenters. The molecule has 2 aromatic carbocycles. The van der Waals surface area contributed by atoms with Crippen LogP contribution in [0, 0.1) is 0 Å². The minimum Gasteiger partial charge on any atom is -1.00 e. The van der Waals surface area contributed by atoms with Crippen LogP contribution in [0.1, 0.15) is 35.7 Å². The standard InChI is InChI=1S/C24H26NO2.HI/c1-2-25-17-16-22(21-14-7-4-8-15-21)23(19-25)24(26)27-18-10-9-13-20-11-5-3-6-12-20;/h3-8,11-12,14-17,19H,2,9-10,13,18H2,1H3;1H/q+1;/p-1. The van der Waals surface area contributed by atoms with E-state index < -0.39 is 0 Å². The van der Waals surface area contributed by atoms with E-state index in [1.54, 1.807) is 0 Å². The monoisotopic (exact) mass is 487 g/mol. The first-order chi connectivity index (χ1) is 13.3. The number of halogens is 1. The number of ether oxygens (including phenoxy) is 1. The molecule has 1 aromatic heterocycles. The van der Waals surface area contributed by atoms with Crippen molar-refractivity contribution in [1.82, 2.24) is 0 Å². The van der Waals surface area contributed by atoms with Crippen LogP contribution in [0.25, 0.3) is 11.1 Å². The van der Waals surface area contributed by atoms with Gasteiger partial charge in [-0.25, -0.2) is 9.36 Å². The summed E-state index contributed by atoms with van der Waals surface area (Å²) in [6.07, 6.45) is 6.76. The molecular formula is C24H26INO2. The number of unbranched alkanes of at least 4 members (excludes halogenated alkanes) is 1. The van der Waals surface area contributed by atoms with Gasteiger partial charge in [0.05, 0.1) is 6.61 Å². The lowest BCUT2D eigenvalue weighted by Crippen LogP contribution is -3.00. The zero-order chi connectivity index (χ0) is 18.9. The highest BCUT2D eigenvalue weighted by atomic mass is 127. The van der Waals surface area contributed by atoms with Gasteiger partial charge in [0.1, 0.15) is 12.1 Å². The molecule has 0 amide bonds. The van der Waals surface area contributed by atoms with Crippen LogP contribution >= 0.6 is 0 Å². The Morgan fingerprint density at radius 3 is 2.29 bits per heavy atom. The molecule has 0 aliphatic carbocycles. The van der Waals surface area contributed by atoms with Crippen molar-refractivity contribution < 1.29 is 38.1 Å². The van der Waals surface area contributed by atoms with E-state index in [4.69, 9.17) is 4.74 Å². The molecule has 0 aliphatic heterocycles. The Morgan fingerprint density at radius 1 is 0.929 bits per heavy atom. The molecular weight excluding hydrogens is 461 g/mol. The summed E-state index contributed by atoms with van der Waals surface area (Å²) in [5.41, 5.74) is 3.88. The molecule has 28 heavy (non-hydrogen) atoms. The zero-order valence-electron chi connectivity index (χ0n) is 16.2. The Hall–Kier alpha value is -2.21. The van der Waals surface area contributed by atoms with Crippen molar-refractivity contribution in [2.75, 3.05) is 6.61 Å². The molecule has 0 spiro atoms. The quantitative estimate of drug-likeness (QED) is 0.210. The molecule has 3 aromatic rings. The summed E-state index contributed by atoms with van der Waals surface area (Å²) in [6, 6.07) is 22.4. The number of carbonyl (C=O) groups is 1. The van der Waals surface area contributed by atoms with E-state index in [1.807, 2.05) is 59.4 Å². The molecule has 0 radical (unpaired) electrons. The van der Waals surface area contributed by atoms with Crippen LogP contribution in [0.15, 0.2) is 79.1 Å². The average Bonchev–Trinajstić information content (AvgIpc) is 2.74. The predicted molar refractivity (Wildman–Crippen MR) is 107 cm³/mol. The summed E-state index contributed by atoms with van der Waals surface area (Å²) in [7, 11) is 0. The van der Waals surface area contributed by atoms with E-state index in [1.165, 1.54) is 5.56 Å². The molecule has 0 saturated heterocycles. The Balaban J connectivity index is 0.00000280. The van der Waals surface area contributed by atoms with Gasteiger partial charge in [-0.1, -0.05) is 60.7 Å². The van der Waals surface area contributed by atoms with Crippen LogP contribution in [0.5, 0.6) is 0 Å². The highest BCUT2D eigenvalue weighted by molar-refractivity contribution is 5.96. The second-order valence-corrected chi connectivity index (χ2v) is 6.55. The summed E-state index contributed by atoms with van der Waals surface area (Å²) in [5, 5.41) is 0. The van der Waals surface area contributed by atoms with Crippen molar-refractivity contribution in [3.05, 3.63) is 90.3 Å². The first-order valence-electron chi connectivity index (χ1n) is 9.57. The number of carbonyl (C=O) groups excluding carboxylic acids is 1. The number of esters is 1. The summed E-state index contributed by atoms with van der Waals surface area (Å²) in [4.78, 5) is 12.7. The third-order valence-electron chi connectivity index (χ3n) is 4.62. The number of pyridine rings is 1. The number of hydrogen-bond acceptors (Lipinski definition) is 2. The summed E-state index contributed by atoms with van der Waals surface area (Å²) < 4.78 is 7.57. The maximum Gasteiger partial charge on any atom is 0.344 e. The Kier molecular flexibility index (Phi) is 9.14. The Labute approximate surface area is 184 Å². The van der Waals surface area contributed by atoms with Gasteiger partial charge in [0, 0.05) is 11.6 Å². The molecule has 146 valence electrons. The molecule has 0 atom stereocenters. The number of aromatic nitrogens is 1. The average molecular weight is 487 g/mol. The minimum atomic E-state index is -0.253. The lowest BCUT2D eigenvalue weighted by atomic mass is 10.0. The summed E-state index contributed by atoms with van der Waals surface area (Å²) in [6.45, 7) is 3.31. The van der Waals surface area contributed by atoms with E-state index in [9.17, 15) is 4.79 Å². The third-order valence-corrected chi connectivity index (χ3v) is 4.62. The van der Waals surface area contributed by atoms with Crippen molar-refractivity contribution in [3.63, 3.8) is 0 Å². The molecule has 0 fully saturated rings. The van der Waals surface area contributed by atoms with E-state index >= 15 is 0 Å². The van der Waals surface area contributed by atoms with Crippen LogP contribution in [0.3, 0.4) is 0 Å². The number of hydrogen-bond donors (Lipinski definition) is 0. The minimum absolute atomic E-state index is 0. The number of aryl methyl sites for hydroxylation is 2. The smallest absolute Gasteiger partial charge is 0.344 e. The van der Waals surface area contributed by atoms with Gasteiger partial charge in [-0.15, -0.1) is 0 Å². The first kappa shape index (κ1) is 22.1. The number of benzene rings is 2. The van der Waals surface area contributed by atoms with Crippen LogP contribution < -0.4 is 28.5 Å². The van der Waals surface area contributed by atoms with E-state index in [-0.39, 0.29) is 29.9 Å². The molecule has 0 N–H and O–H groups in total. The number of nitrogens with zero attached hydrogens (tertiary/aromatic N) is 1. The second kappa shape index (κ2) is 11.6. The van der Waals surface area contributed by atoms with Crippen molar-refractivity contribution in [2.45, 2.75) is 32.7 Å². The summed E-state index contributed by atoms with van der Waals surface area (Å²) in [5.74, 6) is -0.253. The van der Waals surface area contributed by atoms with Crippen molar-refractivity contribution in [3.8, 4) is 11.1 Å². The second-order valence-electron chi connectivity index (χ2n) is 6.55. The van der Waals surface area contributed by atoms with Gasteiger partial charge in [0.25, 0.3) is 0 Å². The van der Waals surface area contributed by atoms with E-state index in [0.717, 1.165) is 36.9 Å². The Morgan fingerprint density at radius 2 is 1.61 bits per heavy atom. The van der Waals surface area contributed by atoms with Crippen LogP contribution in [0.2, 0.25) is 0 Å². The van der Waals surface area contributed by atoms with Crippen LogP contribution in [-0.2, 0) is 17.7 Å². The van der Waals surface area contributed by atoms with E-state index in [0.29, 0.717) is 12.2 Å². The molecule has 0 bridgehead atoms. The van der Waals surface area contributed by atoms with Crippen molar-refractivity contribution in [1.29, 1.82) is 0 Å². The predicted octanol–water partition coefficient (Wildman–Crippen LogP) is 1.84. The lowest BCUT2D eigenvalue weighted by Gasteiger charge is -2.09. The van der Waals surface area contributed by atoms with Crippen LogP contribution in [0.4, 0.5) is 0 Å². The van der Waals surface area contributed by atoms with Gasteiger partial charge >= 0.3 is 5.97 Å². The highest BCUT2D eigenvalue weighted by Gasteiger charge is 2.18. The molecule has 0 aliphatic rings. The molecule has 0 saturated carbocycles. The fourth-order valence-electron chi connectivity index (χ4n) is 3.09. The van der Waals surface area contributed by atoms with Gasteiger partial charge in [0.2, 0.25) is 0 Å². The highest BCUT2D eigenvalue weighted by Crippen LogP contribution is 2.23. The first-order valence-corrected chi connectivity index (χ1v) is 9.57. The molecule has 4 heteroatoms. The lowest BCUT2D eigenvalue weighted by molar-refractivity contribution is -0.693. The topological polar surface area (TPSA) is 30.2 Å². The van der Waals surface area contributed by atoms with Crippen molar-refractivity contribution >= 4 is 5.97 Å². The van der Waals surface area contributed by atoms with Crippen molar-refractivity contribution in [2.24, 2.45) is 0 Å². The fraction of sp³-hybridized carbons (Fsp3) is 0.250. The fourth-order valence-corrected chi connectivity index (χ4v) is 3.09. The maximum absolute atomic E-state index is 12.7. The molecule has 3 nitrogen and oxygen atoms in total. The van der Waals surface area contributed by atoms with Gasteiger partial charge in [-0.2, -0.15) is 0 Å². The summed E-state index contributed by atoms with van der Waals surface area (Å²) >= 11 is 0. The molecule has 1 heterocycles. The normalized spacial score (nSPS) is 10.2. The van der Waals surface area contributed by atoms with Gasteiger partial charge in [0.15, 0.2) is 12.4 Å². The third kappa shape index (κ3) is 6.16. The van der Waals surface area contributed by atoms with Gasteiger partial charge in [-0.3, -0.25) is 0 Å². The zero-order valence-corrected chi connectivity index (χ0v) is 18.3. The SMILES string of the molecule is CC[n+]1ccc(-c2ccccc2)c(C(=O)OCCCCc2ccccc2)c1.[I-]. The van der Waals surface area contributed by atoms with Crippen LogP contribution in [-0.4, -0.2) is 12.6 Å². The largest absolute Gasteiger partial charge is 1.00 e. The van der Waals surface area contributed by atoms with Gasteiger partial charge < -0.3 is 28.7 Å². The number of rotatable bonds is 8. The van der Waals surface area contributed by atoms with Gasteiger partial charge in [-0.05, 0) is 37.3 Å². The molecule has 3 rings (SSSR count). The van der Waals surface area contributed by atoms with E-state index in [2.05, 4.69) is 31.2 Å². The maximum atomic E-state index is 12.7.